The van der Waals surface area contributed by atoms with Crippen LogP contribution in [0.5, 0.6) is 5.75 Å². The maximum atomic E-state index is 12.8. The van der Waals surface area contributed by atoms with Gasteiger partial charge in [-0.05, 0) is 55.8 Å². The lowest BCUT2D eigenvalue weighted by atomic mass is 10.2. The van der Waals surface area contributed by atoms with Gasteiger partial charge in [0.05, 0.1) is 12.3 Å². The van der Waals surface area contributed by atoms with Gasteiger partial charge in [0.1, 0.15) is 11.3 Å². The van der Waals surface area contributed by atoms with E-state index in [1.165, 1.54) is 0 Å². The molecule has 0 radical (unpaired) electrons. The summed E-state index contributed by atoms with van der Waals surface area (Å²) in [6.07, 6.45) is 1.13. The standard InChI is InChI=1S/C20H19N3O4/c1-3-27-16-9-7-15(8-10-16)23-19(25)17(12-21-20(23)26)18(24)22-14-6-4-5-13(2)11-14/h4-12H,3H2,1-2H3,(H,21,26)(H,22,24). The molecule has 3 aromatic rings. The molecule has 0 spiro atoms. The number of rotatable bonds is 5. The number of carbonyl (C=O) groups is 1. The Hall–Kier alpha value is -3.61. The van der Waals surface area contributed by atoms with E-state index < -0.39 is 17.2 Å². The van der Waals surface area contributed by atoms with E-state index in [1.807, 2.05) is 19.9 Å². The van der Waals surface area contributed by atoms with Gasteiger partial charge >= 0.3 is 5.69 Å². The van der Waals surface area contributed by atoms with Crippen molar-refractivity contribution in [3.63, 3.8) is 0 Å². The zero-order valence-electron chi connectivity index (χ0n) is 15.0. The summed E-state index contributed by atoms with van der Waals surface area (Å²) in [7, 11) is 0. The highest BCUT2D eigenvalue weighted by Crippen LogP contribution is 2.14. The Bertz CT molecular complexity index is 1080. The summed E-state index contributed by atoms with van der Waals surface area (Å²) in [5.74, 6) is 0.0283. The summed E-state index contributed by atoms with van der Waals surface area (Å²) < 4.78 is 6.28. The molecule has 138 valence electrons. The first kappa shape index (κ1) is 18.2. The number of aromatic amines is 1. The van der Waals surface area contributed by atoms with Gasteiger partial charge in [0.15, 0.2) is 0 Å². The Kier molecular flexibility index (Phi) is 5.21. The Balaban J connectivity index is 1.97. The van der Waals surface area contributed by atoms with Gasteiger partial charge in [0.25, 0.3) is 11.5 Å². The van der Waals surface area contributed by atoms with E-state index in [-0.39, 0.29) is 5.56 Å². The highest BCUT2D eigenvalue weighted by molar-refractivity contribution is 6.03. The van der Waals surface area contributed by atoms with Gasteiger partial charge in [-0.2, -0.15) is 0 Å². The second-order valence-corrected chi connectivity index (χ2v) is 5.90. The minimum atomic E-state index is -0.701. The van der Waals surface area contributed by atoms with Crippen LogP contribution in [0.15, 0.2) is 64.3 Å². The maximum Gasteiger partial charge on any atom is 0.333 e. The van der Waals surface area contributed by atoms with Crippen LogP contribution in [-0.2, 0) is 0 Å². The van der Waals surface area contributed by atoms with Crippen LogP contribution < -0.4 is 21.3 Å². The van der Waals surface area contributed by atoms with Gasteiger partial charge in [-0.15, -0.1) is 0 Å². The highest BCUT2D eigenvalue weighted by Gasteiger charge is 2.16. The van der Waals surface area contributed by atoms with Crippen molar-refractivity contribution < 1.29 is 9.53 Å². The molecular weight excluding hydrogens is 346 g/mol. The maximum absolute atomic E-state index is 12.8. The number of aryl methyl sites for hydroxylation is 1. The Labute approximate surface area is 155 Å². The normalized spacial score (nSPS) is 10.4. The van der Waals surface area contributed by atoms with Crippen molar-refractivity contribution in [1.29, 1.82) is 0 Å². The van der Waals surface area contributed by atoms with Gasteiger partial charge < -0.3 is 15.0 Å². The van der Waals surface area contributed by atoms with Crippen LogP contribution in [0, 0.1) is 6.92 Å². The van der Waals surface area contributed by atoms with E-state index in [1.54, 1.807) is 42.5 Å². The average molecular weight is 365 g/mol. The number of benzene rings is 2. The van der Waals surface area contributed by atoms with Crippen molar-refractivity contribution in [2.45, 2.75) is 13.8 Å². The number of amides is 1. The van der Waals surface area contributed by atoms with Crippen LogP contribution in [0.4, 0.5) is 5.69 Å². The molecule has 0 saturated heterocycles. The van der Waals surface area contributed by atoms with Crippen molar-refractivity contribution in [3.8, 4) is 11.4 Å². The molecule has 27 heavy (non-hydrogen) atoms. The molecule has 0 fully saturated rings. The molecule has 0 bridgehead atoms. The van der Waals surface area contributed by atoms with E-state index in [0.717, 1.165) is 16.3 Å². The van der Waals surface area contributed by atoms with Crippen molar-refractivity contribution in [1.82, 2.24) is 9.55 Å². The summed E-state index contributed by atoms with van der Waals surface area (Å²) in [6, 6.07) is 13.7. The van der Waals surface area contributed by atoms with Gasteiger partial charge in [-0.3, -0.25) is 9.59 Å². The molecule has 7 nitrogen and oxygen atoms in total. The van der Waals surface area contributed by atoms with Gasteiger partial charge in [-0.1, -0.05) is 12.1 Å². The summed E-state index contributed by atoms with van der Waals surface area (Å²) in [4.78, 5) is 39.9. The summed E-state index contributed by atoms with van der Waals surface area (Å²) in [5, 5.41) is 2.67. The van der Waals surface area contributed by atoms with Crippen LogP contribution in [-0.4, -0.2) is 22.1 Å². The summed E-state index contributed by atoms with van der Waals surface area (Å²) in [5.41, 5.74) is 0.392. The largest absolute Gasteiger partial charge is 0.494 e. The monoisotopic (exact) mass is 365 g/mol. The molecule has 0 aliphatic rings. The van der Waals surface area contributed by atoms with Crippen molar-refractivity contribution in [2.75, 3.05) is 11.9 Å². The number of aromatic nitrogens is 2. The predicted octanol–water partition coefficient (Wildman–Crippen LogP) is 2.49. The van der Waals surface area contributed by atoms with Crippen molar-refractivity contribution >= 4 is 11.6 Å². The molecule has 7 heteroatoms. The minimum absolute atomic E-state index is 0.162. The number of nitrogens with one attached hydrogen (secondary N) is 2. The average Bonchev–Trinajstić information content (AvgIpc) is 2.63. The van der Waals surface area contributed by atoms with Crippen LogP contribution in [0.1, 0.15) is 22.8 Å². The van der Waals surface area contributed by atoms with Crippen molar-refractivity contribution in [2.24, 2.45) is 0 Å². The SMILES string of the molecule is CCOc1ccc(-n2c(=O)[nH]cc(C(=O)Nc3cccc(C)c3)c2=O)cc1. The van der Waals surface area contributed by atoms with Crippen LogP contribution in [0.3, 0.4) is 0 Å². The number of carbonyl (C=O) groups excluding carboxylic acids is 1. The molecule has 0 atom stereocenters. The third-order valence-corrected chi connectivity index (χ3v) is 3.90. The van der Waals surface area contributed by atoms with E-state index in [9.17, 15) is 14.4 Å². The first-order chi connectivity index (χ1) is 13.0. The Morgan fingerprint density at radius 1 is 1.15 bits per heavy atom. The van der Waals surface area contributed by atoms with E-state index in [2.05, 4.69) is 10.3 Å². The van der Waals surface area contributed by atoms with Crippen LogP contribution >= 0.6 is 0 Å². The molecular formula is C20H19N3O4. The molecule has 3 rings (SSSR count). The topological polar surface area (TPSA) is 93.2 Å². The van der Waals surface area contributed by atoms with Gasteiger partial charge in [-0.25, -0.2) is 9.36 Å². The lowest BCUT2D eigenvalue weighted by Crippen LogP contribution is -2.38. The second-order valence-electron chi connectivity index (χ2n) is 5.90. The minimum Gasteiger partial charge on any atom is -0.494 e. The quantitative estimate of drug-likeness (QED) is 0.726. The zero-order valence-corrected chi connectivity index (χ0v) is 15.0. The Morgan fingerprint density at radius 3 is 2.56 bits per heavy atom. The molecule has 0 aliphatic heterocycles. The first-order valence-electron chi connectivity index (χ1n) is 8.45. The zero-order chi connectivity index (χ0) is 19.4. The fraction of sp³-hybridized carbons (Fsp3) is 0.150. The van der Waals surface area contributed by atoms with Gasteiger partial charge in [0.2, 0.25) is 0 Å². The fourth-order valence-corrected chi connectivity index (χ4v) is 2.65. The fourth-order valence-electron chi connectivity index (χ4n) is 2.65. The van der Waals surface area contributed by atoms with Crippen LogP contribution in [0.25, 0.3) is 5.69 Å². The molecule has 2 aromatic carbocycles. The number of hydrogen-bond acceptors (Lipinski definition) is 4. The second kappa shape index (κ2) is 7.74. The molecule has 1 aromatic heterocycles. The molecule has 0 saturated carbocycles. The first-order valence-corrected chi connectivity index (χ1v) is 8.45. The Morgan fingerprint density at radius 2 is 1.89 bits per heavy atom. The van der Waals surface area contributed by atoms with E-state index in [4.69, 9.17) is 4.74 Å². The lowest BCUT2D eigenvalue weighted by Gasteiger charge is -2.09. The van der Waals surface area contributed by atoms with Crippen molar-refractivity contribution in [3.05, 3.63) is 86.7 Å². The third-order valence-electron chi connectivity index (χ3n) is 3.90. The smallest absolute Gasteiger partial charge is 0.333 e. The molecule has 1 heterocycles. The summed E-state index contributed by atoms with van der Waals surface area (Å²) in [6.45, 7) is 4.27. The summed E-state index contributed by atoms with van der Waals surface area (Å²) >= 11 is 0. The molecule has 1 amide bonds. The van der Waals surface area contributed by atoms with E-state index >= 15 is 0 Å². The number of H-pyrrole nitrogens is 1. The third kappa shape index (κ3) is 3.98. The number of nitrogens with zero attached hydrogens (tertiary/aromatic N) is 1. The number of ether oxygens (including phenoxy) is 1. The molecule has 0 aliphatic carbocycles. The van der Waals surface area contributed by atoms with E-state index in [0.29, 0.717) is 23.7 Å². The van der Waals surface area contributed by atoms with Crippen LogP contribution in [0.2, 0.25) is 0 Å². The molecule has 0 unspecified atom stereocenters. The molecule has 2 N–H and O–H groups in total. The van der Waals surface area contributed by atoms with Gasteiger partial charge in [0, 0.05) is 11.9 Å². The lowest BCUT2D eigenvalue weighted by molar-refractivity contribution is 0.102. The number of anilines is 1. The predicted molar refractivity (Wildman–Crippen MR) is 103 cm³/mol. The number of hydrogen-bond donors (Lipinski definition) is 2. The highest BCUT2D eigenvalue weighted by atomic mass is 16.5.